The van der Waals surface area contributed by atoms with Gasteiger partial charge in [0.2, 0.25) is 0 Å². The minimum atomic E-state index is -0.278. The second-order valence-electron chi connectivity index (χ2n) is 6.28. The van der Waals surface area contributed by atoms with E-state index in [-0.39, 0.29) is 11.1 Å². The molecule has 2 aromatic carbocycles. The van der Waals surface area contributed by atoms with Gasteiger partial charge in [0.25, 0.3) is 11.1 Å². The van der Waals surface area contributed by atoms with E-state index in [1.165, 1.54) is 4.90 Å². The average molecular weight is 588 g/mol. The summed E-state index contributed by atoms with van der Waals surface area (Å²) in [4.78, 5) is 26.5. The molecule has 0 radical (unpaired) electrons. The Morgan fingerprint density at radius 3 is 2.66 bits per heavy atom. The van der Waals surface area contributed by atoms with E-state index in [0.717, 1.165) is 30.9 Å². The van der Waals surface area contributed by atoms with E-state index >= 15 is 0 Å². The lowest BCUT2D eigenvalue weighted by molar-refractivity contribution is -0.122. The van der Waals surface area contributed by atoms with Crippen molar-refractivity contribution in [3.05, 3.63) is 66.5 Å². The monoisotopic (exact) mass is 587 g/mol. The van der Waals surface area contributed by atoms with Crippen LogP contribution in [0.15, 0.2) is 51.8 Å². The van der Waals surface area contributed by atoms with E-state index in [1.807, 2.05) is 42.5 Å². The first-order valence-electron chi connectivity index (χ1n) is 8.89. The van der Waals surface area contributed by atoms with Gasteiger partial charge in [-0.1, -0.05) is 28.1 Å². The minimum absolute atomic E-state index is 0.256. The second-order valence-corrected chi connectivity index (χ2v) is 9.43. The average Bonchev–Trinajstić information content (AvgIpc) is 2.96. The number of halogens is 2. The zero-order valence-electron chi connectivity index (χ0n) is 15.7. The summed E-state index contributed by atoms with van der Waals surface area (Å²) in [5.74, 6) is 0.373. The molecule has 0 atom stereocenters. The largest absolute Gasteiger partial charge is 0.488 e. The lowest BCUT2D eigenvalue weighted by Gasteiger charge is -2.12. The van der Waals surface area contributed by atoms with Crippen LogP contribution in [0.2, 0.25) is 0 Å². The number of carbonyl (C=O) groups is 2. The summed E-state index contributed by atoms with van der Waals surface area (Å²) in [6, 6.07) is 13.7. The molecular weight excluding hydrogens is 569 g/mol. The molecule has 2 aromatic rings. The maximum atomic E-state index is 12.6. The highest BCUT2D eigenvalue weighted by atomic mass is 127. The highest BCUT2D eigenvalue weighted by Gasteiger charge is 2.34. The summed E-state index contributed by atoms with van der Waals surface area (Å²) in [7, 11) is 1.60. The molecule has 1 fully saturated rings. The topological polar surface area (TPSA) is 55.8 Å². The van der Waals surface area contributed by atoms with Gasteiger partial charge in [-0.25, -0.2) is 0 Å². The molecular formula is C21H19BrINO4S. The molecule has 5 nitrogen and oxygen atoms in total. The molecule has 2 amide bonds. The number of amides is 2. The molecule has 1 aliphatic heterocycles. The van der Waals surface area contributed by atoms with E-state index in [1.54, 1.807) is 13.2 Å². The van der Waals surface area contributed by atoms with Crippen LogP contribution < -0.4 is 4.74 Å². The highest BCUT2D eigenvalue weighted by molar-refractivity contribution is 14.1. The number of hydrogen-bond donors (Lipinski definition) is 0. The fourth-order valence-electron chi connectivity index (χ4n) is 2.71. The summed E-state index contributed by atoms with van der Waals surface area (Å²) in [5, 5.41) is -0.256. The smallest absolute Gasteiger partial charge is 0.293 e. The molecule has 0 bridgehead atoms. The molecule has 0 N–H and O–H groups in total. The van der Waals surface area contributed by atoms with Gasteiger partial charge in [-0.15, -0.1) is 0 Å². The first-order chi connectivity index (χ1) is 14.0. The maximum absolute atomic E-state index is 12.6. The van der Waals surface area contributed by atoms with Crippen molar-refractivity contribution in [1.82, 2.24) is 4.90 Å². The normalized spacial score (nSPS) is 15.4. The molecule has 1 heterocycles. The summed E-state index contributed by atoms with van der Waals surface area (Å²) in [6.45, 7) is 1.27. The van der Waals surface area contributed by atoms with E-state index in [4.69, 9.17) is 9.47 Å². The molecule has 8 heteroatoms. The second kappa shape index (κ2) is 10.6. The Morgan fingerprint density at radius 2 is 1.93 bits per heavy atom. The number of methoxy groups -OCH3 is 1. The van der Waals surface area contributed by atoms with Crippen LogP contribution >= 0.6 is 50.3 Å². The SMILES string of the molecule is COCCCN1C(=O)S/C(=C/c2cc(Br)ccc2OCc2ccc(I)cc2)C1=O. The molecule has 1 aliphatic rings. The van der Waals surface area contributed by atoms with Crippen LogP contribution in [-0.4, -0.2) is 36.3 Å². The number of rotatable bonds is 8. The minimum Gasteiger partial charge on any atom is -0.488 e. The molecule has 0 unspecified atom stereocenters. The van der Waals surface area contributed by atoms with Crippen LogP contribution in [0.25, 0.3) is 6.08 Å². The zero-order chi connectivity index (χ0) is 20.8. The van der Waals surface area contributed by atoms with Crippen molar-refractivity contribution in [3.63, 3.8) is 0 Å². The van der Waals surface area contributed by atoms with Crippen molar-refractivity contribution < 1.29 is 19.1 Å². The van der Waals surface area contributed by atoms with Crippen LogP contribution in [-0.2, 0) is 16.1 Å². The number of nitrogens with zero attached hydrogens (tertiary/aromatic N) is 1. The molecule has 0 spiro atoms. The third kappa shape index (κ3) is 6.07. The summed E-state index contributed by atoms with van der Waals surface area (Å²) < 4.78 is 13.0. The zero-order valence-corrected chi connectivity index (χ0v) is 20.3. The Kier molecular flexibility index (Phi) is 8.16. The third-order valence-electron chi connectivity index (χ3n) is 4.17. The number of ether oxygens (including phenoxy) is 2. The lowest BCUT2D eigenvalue weighted by atomic mass is 10.1. The number of thioether (sulfide) groups is 1. The molecule has 0 saturated carbocycles. The number of benzene rings is 2. The van der Waals surface area contributed by atoms with Crippen molar-refractivity contribution in [2.24, 2.45) is 0 Å². The highest BCUT2D eigenvalue weighted by Crippen LogP contribution is 2.35. The lowest BCUT2D eigenvalue weighted by Crippen LogP contribution is -2.29. The van der Waals surface area contributed by atoms with Gasteiger partial charge in [0, 0.05) is 33.9 Å². The fraction of sp³-hybridized carbons (Fsp3) is 0.238. The number of hydrogen-bond acceptors (Lipinski definition) is 5. The van der Waals surface area contributed by atoms with Gasteiger partial charge >= 0.3 is 0 Å². The Bertz CT molecular complexity index is 933. The van der Waals surface area contributed by atoms with Crippen molar-refractivity contribution in [1.29, 1.82) is 0 Å². The molecule has 0 aliphatic carbocycles. The summed E-state index contributed by atoms with van der Waals surface area (Å²) >= 11 is 6.68. The number of carbonyl (C=O) groups excluding carboxylic acids is 2. The molecule has 152 valence electrons. The first-order valence-corrected chi connectivity index (χ1v) is 11.6. The van der Waals surface area contributed by atoms with E-state index < -0.39 is 0 Å². The Hall–Kier alpha value is -1.36. The predicted octanol–water partition coefficient (Wildman–Crippen LogP) is 5.71. The van der Waals surface area contributed by atoms with Crippen molar-refractivity contribution in [3.8, 4) is 5.75 Å². The van der Waals surface area contributed by atoms with Crippen LogP contribution in [0, 0.1) is 3.57 Å². The van der Waals surface area contributed by atoms with Crippen molar-refractivity contribution in [2.75, 3.05) is 20.3 Å². The standard InChI is InChI=1S/C21H19BrINO4S/c1-27-10-2-9-24-20(25)19(29-21(24)26)12-15-11-16(22)5-8-18(15)28-13-14-3-6-17(23)7-4-14/h3-8,11-12H,2,9-10,13H2,1H3/b19-12+. The fourth-order valence-corrected chi connectivity index (χ4v) is 4.30. The molecule has 3 rings (SSSR count). The van der Waals surface area contributed by atoms with Gasteiger partial charge in [-0.05, 0) is 82.7 Å². The van der Waals surface area contributed by atoms with Crippen LogP contribution in [0.1, 0.15) is 17.5 Å². The van der Waals surface area contributed by atoms with E-state index in [0.29, 0.717) is 36.8 Å². The van der Waals surface area contributed by atoms with Gasteiger partial charge in [0.1, 0.15) is 12.4 Å². The Labute approximate surface area is 196 Å². The summed E-state index contributed by atoms with van der Waals surface area (Å²) in [5.41, 5.74) is 1.80. The predicted molar refractivity (Wildman–Crippen MR) is 127 cm³/mol. The number of imide groups is 1. The van der Waals surface area contributed by atoms with E-state index in [9.17, 15) is 9.59 Å². The van der Waals surface area contributed by atoms with Crippen molar-refractivity contribution in [2.45, 2.75) is 13.0 Å². The quantitative estimate of drug-likeness (QED) is 0.225. The van der Waals surface area contributed by atoms with E-state index in [2.05, 4.69) is 38.5 Å². The Balaban J connectivity index is 1.77. The van der Waals surface area contributed by atoms with Crippen LogP contribution in [0.4, 0.5) is 4.79 Å². The van der Waals surface area contributed by atoms with Crippen molar-refractivity contribution >= 4 is 67.5 Å². The summed E-state index contributed by atoms with van der Waals surface area (Å²) in [6.07, 6.45) is 2.33. The first kappa shape index (κ1) is 22.3. The van der Waals surface area contributed by atoms with Gasteiger partial charge in [-0.3, -0.25) is 14.5 Å². The van der Waals surface area contributed by atoms with Gasteiger partial charge in [0.15, 0.2) is 0 Å². The Morgan fingerprint density at radius 1 is 1.17 bits per heavy atom. The molecule has 0 aromatic heterocycles. The van der Waals surface area contributed by atoms with Crippen LogP contribution in [0.5, 0.6) is 5.75 Å². The molecule has 1 saturated heterocycles. The van der Waals surface area contributed by atoms with Gasteiger partial charge in [0.05, 0.1) is 4.91 Å². The van der Waals surface area contributed by atoms with Crippen LogP contribution in [0.3, 0.4) is 0 Å². The van der Waals surface area contributed by atoms with Gasteiger partial charge in [-0.2, -0.15) is 0 Å². The third-order valence-corrected chi connectivity index (χ3v) is 6.29. The van der Waals surface area contributed by atoms with Gasteiger partial charge < -0.3 is 9.47 Å². The maximum Gasteiger partial charge on any atom is 0.293 e. The molecule has 29 heavy (non-hydrogen) atoms.